The Morgan fingerprint density at radius 1 is 1.18 bits per heavy atom. The molecule has 8 nitrogen and oxygen atoms in total. The lowest BCUT2D eigenvalue weighted by molar-refractivity contribution is 0.0136. The van der Waals surface area contributed by atoms with Crippen molar-refractivity contribution in [2.75, 3.05) is 29.9 Å². The third kappa shape index (κ3) is 3.40. The van der Waals surface area contributed by atoms with Crippen molar-refractivity contribution in [1.82, 2.24) is 15.0 Å². The van der Waals surface area contributed by atoms with Gasteiger partial charge in [0.2, 0.25) is 17.8 Å². The quantitative estimate of drug-likeness (QED) is 0.524. The van der Waals surface area contributed by atoms with Gasteiger partial charge in [0, 0.05) is 12.6 Å². The highest BCUT2D eigenvalue weighted by Crippen LogP contribution is 2.13. The fourth-order valence-electron chi connectivity index (χ4n) is 1.68. The number of nitrogens with two attached hydrogens (primary N) is 3. The molecule has 1 fully saturated rings. The van der Waals surface area contributed by atoms with E-state index in [1.807, 2.05) is 0 Å². The Hall–Kier alpha value is -1.67. The van der Waals surface area contributed by atoms with E-state index >= 15 is 0 Å². The second-order valence-electron chi connectivity index (χ2n) is 4.05. The average Bonchev–Trinajstić information content (AvgIpc) is 2.27. The Labute approximate surface area is 99.0 Å². The van der Waals surface area contributed by atoms with Crippen molar-refractivity contribution >= 4 is 17.8 Å². The Kier molecular flexibility index (Phi) is 3.55. The lowest BCUT2D eigenvalue weighted by Crippen LogP contribution is -2.38. The summed E-state index contributed by atoms with van der Waals surface area (Å²) in [7, 11) is 0. The summed E-state index contributed by atoms with van der Waals surface area (Å²) >= 11 is 0. The first-order valence-corrected chi connectivity index (χ1v) is 5.51. The molecular formula is C9H17N7O. The van der Waals surface area contributed by atoms with Gasteiger partial charge in [-0.25, -0.2) is 0 Å². The number of aromatic nitrogens is 3. The molecule has 17 heavy (non-hydrogen) atoms. The smallest absolute Gasteiger partial charge is 0.229 e. The second-order valence-corrected chi connectivity index (χ2v) is 4.05. The van der Waals surface area contributed by atoms with Gasteiger partial charge in [-0.2, -0.15) is 15.0 Å². The zero-order chi connectivity index (χ0) is 12.3. The maximum atomic E-state index is 5.73. The van der Waals surface area contributed by atoms with E-state index in [2.05, 4.69) is 20.3 Å². The van der Waals surface area contributed by atoms with Crippen LogP contribution in [0.4, 0.5) is 17.8 Å². The highest BCUT2D eigenvalue weighted by molar-refractivity contribution is 5.37. The topological polar surface area (TPSA) is 138 Å². The molecule has 1 aliphatic rings. The van der Waals surface area contributed by atoms with Gasteiger partial charge in [-0.05, 0) is 12.8 Å². The van der Waals surface area contributed by atoms with Gasteiger partial charge in [-0.1, -0.05) is 0 Å². The maximum absolute atomic E-state index is 5.73. The predicted octanol–water partition coefficient (Wildman–Crippen LogP) is -1.05. The first kappa shape index (κ1) is 11.8. The fraction of sp³-hybridized carbons (Fsp3) is 0.667. The van der Waals surface area contributed by atoms with Crippen LogP contribution in [0.15, 0.2) is 0 Å². The van der Waals surface area contributed by atoms with Gasteiger partial charge in [-0.15, -0.1) is 0 Å². The first-order chi connectivity index (χ1) is 8.13. The van der Waals surface area contributed by atoms with Crippen LogP contribution in [0.1, 0.15) is 12.8 Å². The van der Waals surface area contributed by atoms with E-state index in [0.29, 0.717) is 19.1 Å². The standard InChI is InChI=1S/C9H17N7O/c10-5-1-2-6(17-4-5)3-13-9-15-7(11)14-8(12)16-9/h5-6H,1-4,10H2,(H5,11,12,13,14,15,16)/t5-,6+/m1/s1. The molecule has 2 atom stereocenters. The highest BCUT2D eigenvalue weighted by atomic mass is 16.5. The van der Waals surface area contributed by atoms with Gasteiger partial charge in [0.25, 0.3) is 0 Å². The van der Waals surface area contributed by atoms with Gasteiger partial charge >= 0.3 is 0 Å². The molecule has 1 aliphatic heterocycles. The van der Waals surface area contributed by atoms with Gasteiger partial charge < -0.3 is 27.3 Å². The van der Waals surface area contributed by atoms with Crippen LogP contribution in [0.3, 0.4) is 0 Å². The average molecular weight is 239 g/mol. The molecule has 0 bridgehead atoms. The van der Waals surface area contributed by atoms with Gasteiger partial charge in [0.1, 0.15) is 0 Å². The molecule has 0 saturated carbocycles. The van der Waals surface area contributed by atoms with E-state index in [1.165, 1.54) is 0 Å². The van der Waals surface area contributed by atoms with E-state index < -0.39 is 0 Å². The van der Waals surface area contributed by atoms with E-state index in [9.17, 15) is 0 Å². The Morgan fingerprint density at radius 3 is 2.47 bits per heavy atom. The predicted molar refractivity (Wildman–Crippen MR) is 64.1 cm³/mol. The van der Waals surface area contributed by atoms with Crippen molar-refractivity contribution in [2.45, 2.75) is 25.0 Å². The maximum Gasteiger partial charge on any atom is 0.229 e. The Balaban J connectivity index is 1.85. The lowest BCUT2D eigenvalue weighted by Gasteiger charge is -2.26. The molecule has 94 valence electrons. The summed E-state index contributed by atoms with van der Waals surface area (Å²) in [5.74, 6) is 0.576. The van der Waals surface area contributed by atoms with Gasteiger partial charge in [0.15, 0.2) is 0 Å². The van der Waals surface area contributed by atoms with E-state index in [-0.39, 0.29) is 24.0 Å². The summed E-state index contributed by atoms with van der Waals surface area (Å²) in [5, 5.41) is 3.02. The molecule has 1 aromatic rings. The monoisotopic (exact) mass is 239 g/mol. The summed E-state index contributed by atoms with van der Waals surface area (Å²) in [6.45, 7) is 1.20. The minimum Gasteiger partial charge on any atom is -0.375 e. The van der Waals surface area contributed by atoms with Crippen LogP contribution in [-0.2, 0) is 4.74 Å². The number of nitrogen functional groups attached to an aromatic ring is 2. The molecule has 2 rings (SSSR count). The number of nitrogens with one attached hydrogen (secondary N) is 1. The molecule has 7 N–H and O–H groups in total. The minimum atomic E-state index is 0.103. The molecule has 8 heteroatoms. The van der Waals surface area contributed by atoms with Crippen LogP contribution in [0, 0.1) is 0 Å². The Bertz CT molecular complexity index is 357. The largest absolute Gasteiger partial charge is 0.375 e. The summed E-state index contributed by atoms with van der Waals surface area (Å²) in [4.78, 5) is 11.5. The van der Waals surface area contributed by atoms with Crippen molar-refractivity contribution in [1.29, 1.82) is 0 Å². The molecule has 0 amide bonds. The van der Waals surface area contributed by atoms with Crippen LogP contribution >= 0.6 is 0 Å². The van der Waals surface area contributed by atoms with Crippen molar-refractivity contribution < 1.29 is 4.74 Å². The molecular weight excluding hydrogens is 222 g/mol. The third-order valence-electron chi connectivity index (χ3n) is 2.56. The summed E-state index contributed by atoms with van der Waals surface area (Å²) in [6, 6.07) is 0.148. The van der Waals surface area contributed by atoms with Crippen molar-refractivity contribution in [3.8, 4) is 0 Å². The van der Waals surface area contributed by atoms with Crippen molar-refractivity contribution in [3.63, 3.8) is 0 Å². The molecule has 0 aliphatic carbocycles. The summed E-state index contributed by atoms with van der Waals surface area (Å²) in [5.41, 5.74) is 16.6. The summed E-state index contributed by atoms with van der Waals surface area (Å²) < 4.78 is 5.55. The molecule has 1 aromatic heterocycles. The molecule has 0 radical (unpaired) electrons. The molecule has 0 unspecified atom stereocenters. The van der Waals surface area contributed by atoms with Crippen molar-refractivity contribution in [2.24, 2.45) is 5.73 Å². The van der Waals surface area contributed by atoms with E-state index in [4.69, 9.17) is 21.9 Å². The van der Waals surface area contributed by atoms with Crippen molar-refractivity contribution in [3.05, 3.63) is 0 Å². The Morgan fingerprint density at radius 2 is 1.88 bits per heavy atom. The molecule has 1 saturated heterocycles. The SMILES string of the molecule is Nc1nc(N)nc(NC[C@@H]2CC[C@@H](N)CO2)n1. The fourth-order valence-corrected chi connectivity index (χ4v) is 1.68. The first-order valence-electron chi connectivity index (χ1n) is 5.51. The van der Waals surface area contributed by atoms with Crippen LogP contribution < -0.4 is 22.5 Å². The van der Waals surface area contributed by atoms with E-state index in [1.54, 1.807) is 0 Å². The highest BCUT2D eigenvalue weighted by Gasteiger charge is 2.18. The lowest BCUT2D eigenvalue weighted by atomic mass is 10.1. The number of rotatable bonds is 3. The number of hydrogen-bond donors (Lipinski definition) is 4. The number of anilines is 3. The number of hydrogen-bond acceptors (Lipinski definition) is 8. The zero-order valence-corrected chi connectivity index (χ0v) is 9.47. The molecule has 0 spiro atoms. The molecule has 2 heterocycles. The summed E-state index contributed by atoms with van der Waals surface area (Å²) in [6.07, 6.45) is 2.01. The molecule has 0 aromatic carbocycles. The number of ether oxygens (including phenoxy) is 1. The van der Waals surface area contributed by atoms with Gasteiger partial charge in [-0.3, -0.25) is 0 Å². The normalized spacial score (nSPS) is 24.5. The van der Waals surface area contributed by atoms with Crippen LogP contribution in [0.2, 0.25) is 0 Å². The minimum absolute atomic E-state index is 0.103. The van der Waals surface area contributed by atoms with E-state index in [0.717, 1.165) is 12.8 Å². The van der Waals surface area contributed by atoms with Gasteiger partial charge in [0.05, 0.1) is 12.7 Å². The third-order valence-corrected chi connectivity index (χ3v) is 2.56. The van der Waals surface area contributed by atoms with Crippen LogP contribution in [0.25, 0.3) is 0 Å². The van der Waals surface area contributed by atoms with Crippen LogP contribution in [0.5, 0.6) is 0 Å². The van der Waals surface area contributed by atoms with Crippen LogP contribution in [-0.4, -0.2) is 40.2 Å². The number of nitrogens with zero attached hydrogens (tertiary/aromatic N) is 3. The zero-order valence-electron chi connectivity index (χ0n) is 9.47. The second kappa shape index (κ2) is 5.11.